The van der Waals surface area contributed by atoms with Gasteiger partial charge in [-0.3, -0.25) is 0 Å². The minimum Gasteiger partial charge on any atom is -0.358 e. The summed E-state index contributed by atoms with van der Waals surface area (Å²) in [5, 5.41) is 0. The summed E-state index contributed by atoms with van der Waals surface area (Å²) in [6, 6.07) is 23.9. The third kappa shape index (κ3) is 5.98. The lowest BCUT2D eigenvalue weighted by Crippen LogP contribution is -2.70. The van der Waals surface area contributed by atoms with Crippen molar-refractivity contribution in [1.29, 1.82) is 0 Å². The maximum Gasteiger partial charge on any atom is 0.460 e. The van der Waals surface area contributed by atoms with Crippen LogP contribution in [0.5, 0.6) is 0 Å². The number of alkyl halides is 14. The van der Waals surface area contributed by atoms with Crippen molar-refractivity contribution in [3.8, 4) is 0 Å². The van der Waals surface area contributed by atoms with Gasteiger partial charge in [-0.05, 0) is 23.1 Å². The summed E-state index contributed by atoms with van der Waals surface area (Å²) < 4.78 is 195. The highest BCUT2D eigenvalue weighted by Crippen LogP contribution is 2.60. The highest BCUT2D eigenvalue weighted by Gasteiger charge is 2.90. The summed E-state index contributed by atoms with van der Waals surface area (Å²) in [7, 11) is 0. The highest BCUT2D eigenvalue weighted by atomic mass is 19.4. The molecule has 0 fully saturated rings. The first kappa shape index (κ1) is 35.1. The minimum atomic E-state index is -8.01. The summed E-state index contributed by atoms with van der Waals surface area (Å²) in [5.41, 5.74) is -0.504. The largest absolute Gasteiger partial charge is 0.460 e. The van der Waals surface area contributed by atoms with Gasteiger partial charge in [0.15, 0.2) is 0 Å². The number of benzene rings is 3. The molecule has 44 heavy (non-hydrogen) atoms. The van der Waals surface area contributed by atoms with E-state index in [0.717, 1.165) is 0 Å². The van der Waals surface area contributed by atoms with Gasteiger partial charge in [0.2, 0.25) is 0 Å². The van der Waals surface area contributed by atoms with Crippen molar-refractivity contribution in [3.63, 3.8) is 0 Å². The third-order valence-corrected chi connectivity index (χ3v) is 6.79. The molecule has 3 aromatic carbocycles. The molecule has 0 saturated carbocycles. The van der Waals surface area contributed by atoms with Crippen molar-refractivity contribution in [3.05, 3.63) is 108 Å². The fourth-order valence-corrected chi connectivity index (χ4v) is 4.36. The molecule has 1 nitrogen and oxygen atoms in total. The Kier molecular flexibility index (Phi) is 9.74. The average Bonchev–Trinajstić information content (AvgIpc) is 2.97. The molecule has 0 aliphatic heterocycles. The van der Waals surface area contributed by atoms with Crippen LogP contribution in [0, 0.1) is 0 Å². The number of rotatable bonds is 13. The third-order valence-electron chi connectivity index (χ3n) is 6.79. The van der Waals surface area contributed by atoms with Gasteiger partial charge in [0.1, 0.15) is 11.8 Å². The van der Waals surface area contributed by atoms with Crippen molar-refractivity contribution in [2.24, 2.45) is 0 Å². The van der Waals surface area contributed by atoms with Crippen LogP contribution in [0.15, 0.2) is 91.0 Å². The van der Waals surface area contributed by atoms with E-state index in [-0.39, 0.29) is 0 Å². The molecule has 0 aliphatic carbocycles. The number of hydrogen-bond donors (Lipinski definition) is 0. The van der Waals surface area contributed by atoms with Gasteiger partial charge in [0.05, 0.1) is 6.61 Å². The quantitative estimate of drug-likeness (QED) is 0.132. The Hall–Kier alpha value is -3.36. The van der Waals surface area contributed by atoms with E-state index in [2.05, 4.69) is 0 Å². The Morgan fingerprint density at radius 1 is 0.477 bits per heavy atom. The van der Waals surface area contributed by atoms with Crippen molar-refractivity contribution in [2.45, 2.75) is 60.4 Å². The van der Waals surface area contributed by atoms with E-state index in [9.17, 15) is 61.5 Å². The minimum absolute atomic E-state index is 0.383. The Morgan fingerprint density at radius 3 is 1.16 bits per heavy atom. The molecule has 242 valence electrons. The second-order valence-corrected chi connectivity index (χ2v) is 9.73. The molecule has 1 atom stereocenters. The molecule has 0 bridgehead atoms. The fraction of sp³-hybridized carbons (Fsp3) is 0.379. The molecule has 0 amide bonds. The predicted molar refractivity (Wildman–Crippen MR) is 130 cm³/mol. The Balaban J connectivity index is 1.89. The van der Waals surface area contributed by atoms with Crippen LogP contribution in [-0.4, -0.2) is 48.6 Å². The van der Waals surface area contributed by atoms with Crippen molar-refractivity contribution >= 4 is 0 Å². The van der Waals surface area contributed by atoms with Crippen LogP contribution in [0.2, 0.25) is 0 Å². The topological polar surface area (TPSA) is 9.23 Å². The molecular weight excluding hydrogens is 630 g/mol. The summed E-state index contributed by atoms with van der Waals surface area (Å²) in [6.07, 6.45) is -14.6. The lowest BCUT2D eigenvalue weighted by atomic mass is 9.80. The monoisotopic (exact) mass is 652 g/mol. The van der Waals surface area contributed by atoms with Crippen molar-refractivity contribution in [2.75, 3.05) is 6.61 Å². The molecule has 0 N–H and O–H groups in total. The maximum atomic E-state index is 15.0. The standard InChI is InChI=1S/C29H22F14O/c30-22(16-17-23(31,32)25(33,34)26(35,36)27(37,38)28(39,40)29(41,42)43)18-44-24(19-10-4-1-5-11-19,20-12-6-2-7-13-20)21-14-8-3-9-15-21/h1-15,22H,16-18H2/t22-/m1/s1. The Labute approximate surface area is 241 Å². The van der Waals surface area contributed by atoms with Crippen LogP contribution in [0.1, 0.15) is 29.5 Å². The molecule has 0 aromatic heterocycles. The molecule has 0 radical (unpaired) electrons. The summed E-state index contributed by atoms with van der Waals surface area (Å²) in [6.45, 7) is -1.17. The van der Waals surface area contributed by atoms with Gasteiger partial charge in [0, 0.05) is 6.42 Å². The highest BCUT2D eigenvalue weighted by molar-refractivity contribution is 5.47. The van der Waals surface area contributed by atoms with Gasteiger partial charge in [-0.1, -0.05) is 91.0 Å². The zero-order valence-electron chi connectivity index (χ0n) is 22.1. The van der Waals surface area contributed by atoms with Gasteiger partial charge in [0.25, 0.3) is 0 Å². The normalized spacial score (nSPS) is 14.9. The number of halogens is 14. The Morgan fingerprint density at radius 2 is 0.818 bits per heavy atom. The van der Waals surface area contributed by atoms with Crippen molar-refractivity contribution in [1.82, 2.24) is 0 Å². The summed E-state index contributed by atoms with van der Waals surface area (Å²) in [4.78, 5) is 0. The first-order valence-corrected chi connectivity index (χ1v) is 12.6. The molecule has 15 heteroatoms. The van der Waals surface area contributed by atoms with E-state index >= 15 is 0 Å². The molecule has 3 aromatic rings. The molecule has 0 spiro atoms. The van der Waals surface area contributed by atoms with E-state index in [0.29, 0.717) is 16.7 Å². The molecule has 0 heterocycles. The molecule has 0 saturated heterocycles. The maximum absolute atomic E-state index is 15.0. The first-order valence-electron chi connectivity index (χ1n) is 12.6. The number of hydrogen-bond acceptors (Lipinski definition) is 1. The second-order valence-electron chi connectivity index (χ2n) is 9.73. The molecule has 0 unspecified atom stereocenters. The van der Waals surface area contributed by atoms with Crippen molar-refractivity contribution < 1.29 is 66.2 Å². The average molecular weight is 652 g/mol. The van der Waals surface area contributed by atoms with Crippen LogP contribution in [0.25, 0.3) is 0 Å². The smallest absolute Gasteiger partial charge is 0.358 e. The van der Waals surface area contributed by atoms with Gasteiger partial charge in [-0.25, -0.2) is 4.39 Å². The van der Waals surface area contributed by atoms with Crippen LogP contribution in [-0.2, 0) is 10.3 Å². The van der Waals surface area contributed by atoms with Gasteiger partial charge in [-0.2, -0.15) is 57.1 Å². The van der Waals surface area contributed by atoms with E-state index in [1.165, 1.54) is 0 Å². The molecular formula is C29H22F14O. The first-order chi connectivity index (χ1) is 20.2. The van der Waals surface area contributed by atoms with Crippen LogP contribution < -0.4 is 0 Å². The summed E-state index contributed by atoms with van der Waals surface area (Å²) in [5.74, 6) is -37.6. The lowest BCUT2D eigenvalue weighted by molar-refractivity contribution is -0.440. The summed E-state index contributed by atoms with van der Waals surface area (Å²) >= 11 is 0. The van der Waals surface area contributed by atoms with Crippen LogP contribution in [0.3, 0.4) is 0 Å². The predicted octanol–water partition coefficient (Wildman–Crippen LogP) is 9.85. The van der Waals surface area contributed by atoms with E-state index < -0.39 is 67.0 Å². The zero-order chi connectivity index (χ0) is 33.2. The molecule has 0 aliphatic rings. The molecule has 3 rings (SSSR count). The van der Waals surface area contributed by atoms with Gasteiger partial charge >= 0.3 is 35.8 Å². The van der Waals surface area contributed by atoms with E-state index in [4.69, 9.17) is 4.74 Å². The number of ether oxygens (including phenoxy) is 1. The zero-order valence-corrected chi connectivity index (χ0v) is 22.1. The fourth-order valence-electron chi connectivity index (χ4n) is 4.36. The lowest BCUT2D eigenvalue weighted by Gasteiger charge is -2.40. The Bertz CT molecular complexity index is 1250. The van der Waals surface area contributed by atoms with Gasteiger partial charge < -0.3 is 4.74 Å². The van der Waals surface area contributed by atoms with Crippen LogP contribution in [0.4, 0.5) is 61.5 Å². The van der Waals surface area contributed by atoms with Gasteiger partial charge in [-0.15, -0.1) is 0 Å². The SMILES string of the molecule is F[C@H](CCC(F)(F)C(F)(F)C(F)(F)C(F)(F)C(F)(F)C(F)(F)F)COC(c1ccccc1)(c1ccccc1)c1ccccc1. The van der Waals surface area contributed by atoms with E-state index in [1.54, 1.807) is 91.0 Å². The van der Waals surface area contributed by atoms with Crippen LogP contribution >= 0.6 is 0 Å². The van der Waals surface area contributed by atoms with E-state index in [1.807, 2.05) is 0 Å². The second kappa shape index (κ2) is 12.2.